The van der Waals surface area contributed by atoms with Gasteiger partial charge in [-0.15, -0.1) is 0 Å². The van der Waals surface area contributed by atoms with Crippen LogP contribution in [0.1, 0.15) is 25.3 Å². The maximum absolute atomic E-state index is 12.9. The Balaban J connectivity index is 1.82. The van der Waals surface area contributed by atoms with Crippen LogP contribution < -0.4 is 10.1 Å². The van der Waals surface area contributed by atoms with Crippen molar-refractivity contribution in [2.45, 2.75) is 31.2 Å². The van der Waals surface area contributed by atoms with E-state index in [2.05, 4.69) is 12.2 Å². The number of piperidine rings is 1. The summed E-state index contributed by atoms with van der Waals surface area (Å²) in [5.74, 6) is 1.18. The van der Waals surface area contributed by atoms with Crippen molar-refractivity contribution in [3.63, 3.8) is 0 Å². The van der Waals surface area contributed by atoms with Crippen LogP contribution in [0.3, 0.4) is 0 Å². The van der Waals surface area contributed by atoms with E-state index in [1.54, 1.807) is 7.11 Å². The summed E-state index contributed by atoms with van der Waals surface area (Å²) in [6.45, 7) is 3.31. The molecule has 0 radical (unpaired) electrons. The second kappa shape index (κ2) is 8.79. The number of hydrogen-bond acceptors (Lipinski definition) is 6. The van der Waals surface area contributed by atoms with Crippen molar-refractivity contribution in [1.82, 2.24) is 4.31 Å². The SMILES string of the molecule is COc1cccc(CNc2ccc(S(=O)(=O)N3CCC(C)CC3)cc2[N+](=O)[O-])c1. The number of sulfonamides is 1. The molecule has 2 aromatic carbocycles. The number of ether oxygens (including phenoxy) is 1. The van der Waals surface area contributed by atoms with Crippen LogP contribution in [0.5, 0.6) is 5.75 Å². The standard InChI is InChI=1S/C20H25N3O5S/c1-15-8-10-22(11-9-15)29(26,27)18-6-7-19(20(13-18)23(24)25)21-14-16-4-3-5-17(12-16)28-2/h3-7,12-13,15,21H,8-11,14H2,1-2H3. The Morgan fingerprint density at radius 1 is 1.21 bits per heavy atom. The molecule has 0 amide bonds. The number of nitro groups is 1. The summed E-state index contributed by atoms with van der Waals surface area (Å²) in [6, 6.07) is 11.4. The smallest absolute Gasteiger partial charge is 0.293 e. The van der Waals surface area contributed by atoms with Crippen LogP contribution in [0.4, 0.5) is 11.4 Å². The number of rotatable bonds is 7. The van der Waals surface area contributed by atoms with E-state index in [1.807, 2.05) is 24.3 Å². The molecule has 3 rings (SSSR count). The number of hydrogen-bond donors (Lipinski definition) is 1. The van der Waals surface area contributed by atoms with Crippen molar-refractivity contribution >= 4 is 21.4 Å². The molecule has 0 spiro atoms. The van der Waals surface area contributed by atoms with E-state index in [0.29, 0.717) is 31.3 Å². The van der Waals surface area contributed by atoms with E-state index in [1.165, 1.54) is 16.4 Å². The predicted molar refractivity (Wildman–Crippen MR) is 111 cm³/mol. The molecule has 1 fully saturated rings. The van der Waals surface area contributed by atoms with Crippen molar-refractivity contribution in [3.05, 3.63) is 58.1 Å². The van der Waals surface area contributed by atoms with Crippen molar-refractivity contribution in [1.29, 1.82) is 0 Å². The second-order valence-electron chi connectivity index (χ2n) is 7.23. The van der Waals surface area contributed by atoms with Gasteiger partial charge in [-0.1, -0.05) is 19.1 Å². The van der Waals surface area contributed by atoms with Gasteiger partial charge in [0, 0.05) is 25.7 Å². The van der Waals surface area contributed by atoms with E-state index in [0.717, 1.165) is 24.5 Å². The Kier molecular flexibility index (Phi) is 6.39. The van der Waals surface area contributed by atoms with E-state index in [9.17, 15) is 18.5 Å². The lowest BCUT2D eigenvalue weighted by Gasteiger charge is -2.29. The molecule has 1 aliphatic heterocycles. The summed E-state index contributed by atoms with van der Waals surface area (Å²) in [7, 11) is -2.18. The first kappa shape index (κ1) is 21.1. The minimum atomic E-state index is -3.75. The zero-order valence-electron chi connectivity index (χ0n) is 16.5. The van der Waals surface area contributed by atoms with Gasteiger partial charge in [0.1, 0.15) is 11.4 Å². The summed E-state index contributed by atoms with van der Waals surface area (Å²) >= 11 is 0. The highest BCUT2D eigenvalue weighted by Gasteiger charge is 2.30. The molecule has 0 unspecified atom stereocenters. The zero-order valence-corrected chi connectivity index (χ0v) is 17.3. The Morgan fingerprint density at radius 3 is 2.59 bits per heavy atom. The third kappa shape index (κ3) is 4.86. The fourth-order valence-electron chi connectivity index (χ4n) is 3.33. The number of benzene rings is 2. The van der Waals surface area contributed by atoms with Crippen LogP contribution in [-0.2, 0) is 16.6 Å². The number of methoxy groups -OCH3 is 1. The van der Waals surface area contributed by atoms with Gasteiger partial charge in [0.15, 0.2) is 0 Å². The largest absolute Gasteiger partial charge is 0.497 e. The molecule has 1 N–H and O–H groups in total. The van der Waals surface area contributed by atoms with Gasteiger partial charge in [-0.3, -0.25) is 10.1 Å². The summed E-state index contributed by atoms with van der Waals surface area (Å²) < 4.78 is 32.4. The van der Waals surface area contributed by atoms with Gasteiger partial charge in [0.2, 0.25) is 10.0 Å². The maximum atomic E-state index is 12.9. The average molecular weight is 420 g/mol. The van der Waals surface area contributed by atoms with Gasteiger partial charge in [-0.2, -0.15) is 4.31 Å². The summed E-state index contributed by atoms with van der Waals surface area (Å²) in [5, 5.41) is 14.6. The van der Waals surface area contributed by atoms with Gasteiger partial charge in [0.25, 0.3) is 5.69 Å². The second-order valence-corrected chi connectivity index (χ2v) is 9.17. The van der Waals surface area contributed by atoms with Gasteiger partial charge >= 0.3 is 0 Å². The quantitative estimate of drug-likeness (QED) is 0.543. The number of nitrogens with one attached hydrogen (secondary N) is 1. The Hall–Kier alpha value is -2.65. The summed E-state index contributed by atoms with van der Waals surface area (Å²) in [6.07, 6.45) is 1.59. The fraction of sp³-hybridized carbons (Fsp3) is 0.400. The molecule has 29 heavy (non-hydrogen) atoms. The van der Waals surface area contributed by atoms with E-state index in [4.69, 9.17) is 4.74 Å². The summed E-state index contributed by atoms with van der Waals surface area (Å²) in [5.41, 5.74) is 0.890. The Morgan fingerprint density at radius 2 is 1.93 bits per heavy atom. The zero-order chi connectivity index (χ0) is 21.0. The van der Waals surface area contributed by atoms with Gasteiger partial charge in [-0.25, -0.2) is 8.42 Å². The van der Waals surface area contributed by atoms with Crippen molar-refractivity contribution in [2.24, 2.45) is 5.92 Å². The average Bonchev–Trinajstić information content (AvgIpc) is 2.72. The molecule has 1 heterocycles. The molecule has 0 saturated carbocycles. The first-order valence-electron chi connectivity index (χ1n) is 9.46. The van der Waals surface area contributed by atoms with Crippen molar-refractivity contribution < 1.29 is 18.1 Å². The minimum Gasteiger partial charge on any atom is -0.497 e. The molecule has 0 aliphatic carbocycles. The van der Waals surface area contributed by atoms with Crippen LogP contribution in [0.15, 0.2) is 47.4 Å². The molecule has 9 heteroatoms. The Labute approximate surface area is 170 Å². The molecule has 0 aromatic heterocycles. The first-order chi connectivity index (χ1) is 13.8. The van der Waals surface area contributed by atoms with E-state index in [-0.39, 0.29) is 16.3 Å². The van der Waals surface area contributed by atoms with Crippen LogP contribution in [-0.4, -0.2) is 37.8 Å². The Bertz CT molecular complexity index is 985. The van der Waals surface area contributed by atoms with Crippen LogP contribution >= 0.6 is 0 Å². The summed E-state index contributed by atoms with van der Waals surface area (Å²) in [4.78, 5) is 11.0. The van der Waals surface area contributed by atoms with Gasteiger partial charge < -0.3 is 10.1 Å². The third-order valence-electron chi connectivity index (χ3n) is 5.16. The third-order valence-corrected chi connectivity index (χ3v) is 7.06. The first-order valence-corrected chi connectivity index (χ1v) is 10.9. The van der Waals surface area contributed by atoms with Crippen molar-refractivity contribution in [3.8, 4) is 5.75 Å². The maximum Gasteiger partial charge on any atom is 0.293 e. The molecule has 0 bridgehead atoms. The number of nitrogens with zero attached hydrogens (tertiary/aromatic N) is 2. The lowest BCUT2D eigenvalue weighted by Crippen LogP contribution is -2.37. The number of anilines is 1. The molecule has 2 aromatic rings. The van der Waals surface area contributed by atoms with Crippen LogP contribution in [0.2, 0.25) is 0 Å². The highest BCUT2D eigenvalue weighted by molar-refractivity contribution is 7.89. The lowest BCUT2D eigenvalue weighted by atomic mass is 10.0. The monoisotopic (exact) mass is 419 g/mol. The topological polar surface area (TPSA) is 102 Å². The van der Waals surface area contributed by atoms with Gasteiger partial charge in [0.05, 0.1) is 16.9 Å². The lowest BCUT2D eigenvalue weighted by molar-refractivity contribution is -0.384. The molecule has 1 aliphatic rings. The van der Waals surface area contributed by atoms with Gasteiger partial charge in [-0.05, 0) is 48.6 Å². The molecular formula is C20H25N3O5S. The van der Waals surface area contributed by atoms with Crippen molar-refractivity contribution in [2.75, 3.05) is 25.5 Å². The molecular weight excluding hydrogens is 394 g/mol. The van der Waals surface area contributed by atoms with Crippen LogP contribution in [0, 0.1) is 16.0 Å². The normalized spacial score (nSPS) is 15.8. The fourth-order valence-corrected chi connectivity index (χ4v) is 4.82. The molecule has 0 atom stereocenters. The van der Waals surface area contributed by atoms with E-state index >= 15 is 0 Å². The molecule has 156 valence electrons. The number of nitro benzene ring substituents is 1. The molecule has 1 saturated heterocycles. The minimum absolute atomic E-state index is 0.0503. The highest BCUT2D eigenvalue weighted by atomic mass is 32.2. The van der Waals surface area contributed by atoms with E-state index < -0.39 is 14.9 Å². The predicted octanol–water partition coefficient (Wildman–Crippen LogP) is 3.64. The highest BCUT2D eigenvalue weighted by Crippen LogP contribution is 2.31. The molecule has 8 nitrogen and oxygen atoms in total. The van der Waals surface area contributed by atoms with Crippen LogP contribution in [0.25, 0.3) is 0 Å².